The van der Waals surface area contributed by atoms with Gasteiger partial charge in [0.2, 0.25) is 10.0 Å². The molecule has 3 unspecified atom stereocenters. The average molecular weight is 481 g/mol. The van der Waals surface area contributed by atoms with E-state index in [-0.39, 0.29) is 30.2 Å². The molecule has 0 aromatic heterocycles. The predicted molar refractivity (Wildman–Crippen MR) is 128 cm³/mol. The van der Waals surface area contributed by atoms with Gasteiger partial charge in [0.25, 0.3) is 0 Å². The van der Waals surface area contributed by atoms with Crippen molar-refractivity contribution in [1.82, 2.24) is 9.21 Å². The summed E-state index contributed by atoms with van der Waals surface area (Å²) in [4.78, 5) is 2.00. The molecule has 1 heterocycles. The van der Waals surface area contributed by atoms with Crippen molar-refractivity contribution in [3.8, 4) is 5.75 Å². The maximum atomic E-state index is 13.7. The third kappa shape index (κ3) is 4.01. The van der Waals surface area contributed by atoms with E-state index in [1.54, 1.807) is 11.4 Å². The second-order valence-electron chi connectivity index (χ2n) is 11.3. The first-order valence-electron chi connectivity index (χ1n) is 12.0. The molecular weight excluding hydrogens is 440 g/mol. The third-order valence-corrected chi connectivity index (χ3v) is 11.2. The van der Waals surface area contributed by atoms with Crippen LogP contribution in [0.1, 0.15) is 45.1 Å². The molecule has 2 N–H and O–H groups in total. The van der Waals surface area contributed by atoms with Crippen LogP contribution in [0.4, 0.5) is 0 Å². The Morgan fingerprint density at radius 3 is 2.55 bits per heavy atom. The van der Waals surface area contributed by atoms with Crippen LogP contribution in [0.2, 0.25) is 0 Å². The quantitative estimate of drug-likeness (QED) is 0.622. The van der Waals surface area contributed by atoms with Crippen LogP contribution >= 0.6 is 0 Å². The fraction of sp³-hybridized carbons (Fsp3) is 0.760. The lowest BCUT2D eigenvalue weighted by molar-refractivity contribution is -0.0703. The van der Waals surface area contributed by atoms with Gasteiger partial charge in [-0.05, 0) is 68.8 Å². The van der Waals surface area contributed by atoms with Crippen LogP contribution in [-0.2, 0) is 15.6 Å². The van der Waals surface area contributed by atoms with E-state index in [9.17, 15) is 18.6 Å². The monoisotopic (exact) mass is 480 g/mol. The first-order chi connectivity index (χ1) is 15.4. The number of nitrogens with zero attached hydrogens (tertiary/aromatic N) is 2. The van der Waals surface area contributed by atoms with Crippen molar-refractivity contribution >= 4 is 10.0 Å². The van der Waals surface area contributed by atoms with Gasteiger partial charge in [0, 0.05) is 31.0 Å². The molecule has 0 radical (unpaired) electrons. The lowest BCUT2D eigenvalue weighted by Gasteiger charge is -2.47. The summed E-state index contributed by atoms with van der Waals surface area (Å²) < 4.78 is 34.4. The van der Waals surface area contributed by atoms with Crippen molar-refractivity contribution in [2.45, 2.75) is 51.2 Å². The number of aliphatic hydroxyl groups is 2. The molecule has 2 aliphatic carbocycles. The number of fused-ring (bicyclic) bond motifs is 2. The Labute approximate surface area is 198 Å². The Bertz CT molecular complexity index is 981. The Morgan fingerprint density at radius 2 is 1.97 bits per heavy atom. The zero-order chi connectivity index (χ0) is 24.2. The number of hydrogen-bond acceptors (Lipinski definition) is 6. The van der Waals surface area contributed by atoms with Gasteiger partial charge < -0.3 is 19.8 Å². The fourth-order valence-corrected chi connectivity index (χ4v) is 9.28. The van der Waals surface area contributed by atoms with Crippen LogP contribution in [0, 0.1) is 22.7 Å². The molecule has 8 heteroatoms. The number of ether oxygens (including phenoxy) is 1. The summed E-state index contributed by atoms with van der Waals surface area (Å²) in [5, 5.41) is 22.7. The number of hydrogen-bond donors (Lipinski definition) is 2. The molecule has 5 atom stereocenters. The molecule has 33 heavy (non-hydrogen) atoms. The molecule has 2 bridgehead atoms. The molecule has 7 nitrogen and oxygen atoms in total. The summed E-state index contributed by atoms with van der Waals surface area (Å²) in [6.07, 6.45) is 2.18. The number of piperidine rings is 1. The topological polar surface area (TPSA) is 90.3 Å². The second kappa shape index (κ2) is 8.48. The fourth-order valence-electron chi connectivity index (χ4n) is 6.96. The van der Waals surface area contributed by atoms with Crippen molar-refractivity contribution < 1.29 is 23.4 Å². The van der Waals surface area contributed by atoms with Crippen molar-refractivity contribution in [1.29, 1.82) is 0 Å². The normalized spacial score (nSPS) is 36.4. The largest absolute Gasteiger partial charge is 0.497 e. The molecule has 1 aromatic carbocycles. The summed E-state index contributed by atoms with van der Waals surface area (Å²) in [5.74, 6) is 0.741. The number of sulfonamides is 1. The highest BCUT2D eigenvalue weighted by Crippen LogP contribution is 2.66. The van der Waals surface area contributed by atoms with E-state index < -0.39 is 27.1 Å². The van der Waals surface area contributed by atoms with Gasteiger partial charge in [-0.2, -0.15) is 0 Å². The van der Waals surface area contributed by atoms with Gasteiger partial charge in [0.05, 0.1) is 24.6 Å². The Morgan fingerprint density at radius 1 is 1.24 bits per heavy atom. The van der Waals surface area contributed by atoms with E-state index in [1.807, 2.05) is 43.3 Å². The van der Waals surface area contributed by atoms with Gasteiger partial charge in [-0.15, -0.1) is 0 Å². The number of rotatable bonds is 7. The van der Waals surface area contributed by atoms with Crippen LogP contribution in [0.15, 0.2) is 24.3 Å². The molecule has 1 saturated heterocycles. The average Bonchev–Trinajstić information content (AvgIpc) is 3.09. The molecule has 0 spiro atoms. The minimum atomic E-state index is -3.61. The van der Waals surface area contributed by atoms with Crippen LogP contribution in [0.5, 0.6) is 5.75 Å². The summed E-state index contributed by atoms with van der Waals surface area (Å²) >= 11 is 0. The molecule has 3 fully saturated rings. The molecule has 1 aromatic rings. The Hall–Kier alpha value is -1.19. The third-order valence-electron chi connectivity index (χ3n) is 9.22. The van der Waals surface area contributed by atoms with Gasteiger partial charge in [-0.1, -0.05) is 26.0 Å². The van der Waals surface area contributed by atoms with Crippen LogP contribution < -0.4 is 4.74 Å². The molecule has 3 aliphatic rings. The van der Waals surface area contributed by atoms with Gasteiger partial charge in [-0.25, -0.2) is 12.7 Å². The lowest BCUT2D eigenvalue weighted by atomic mass is 9.70. The van der Waals surface area contributed by atoms with Crippen molar-refractivity contribution in [2.75, 3.05) is 46.6 Å². The summed E-state index contributed by atoms with van der Waals surface area (Å²) in [7, 11) is 1.87. The second-order valence-corrected chi connectivity index (χ2v) is 13.3. The first kappa shape index (κ1) is 24.9. The van der Waals surface area contributed by atoms with Gasteiger partial charge in [0.15, 0.2) is 0 Å². The van der Waals surface area contributed by atoms with Crippen LogP contribution in [0.3, 0.4) is 0 Å². The van der Waals surface area contributed by atoms with Crippen LogP contribution in [0.25, 0.3) is 0 Å². The molecular formula is C25H40N2O5S. The highest BCUT2D eigenvalue weighted by molar-refractivity contribution is 7.89. The van der Waals surface area contributed by atoms with E-state index in [0.717, 1.165) is 18.4 Å². The number of aliphatic hydroxyl groups excluding tert-OH is 1. The molecule has 186 valence electrons. The van der Waals surface area contributed by atoms with E-state index in [1.165, 1.54) is 0 Å². The highest BCUT2D eigenvalue weighted by atomic mass is 32.2. The Balaban J connectivity index is 1.60. The maximum Gasteiger partial charge on any atom is 0.214 e. The van der Waals surface area contributed by atoms with E-state index >= 15 is 0 Å². The lowest BCUT2D eigenvalue weighted by Crippen LogP contribution is -2.56. The summed E-state index contributed by atoms with van der Waals surface area (Å²) in [5.41, 5.74) is -1.17. The van der Waals surface area contributed by atoms with E-state index in [0.29, 0.717) is 31.1 Å². The minimum absolute atomic E-state index is 0.0169. The highest BCUT2D eigenvalue weighted by Gasteiger charge is 2.65. The van der Waals surface area contributed by atoms with Gasteiger partial charge in [0.1, 0.15) is 5.75 Å². The van der Waals surface area contributed by atoms with E-state index in [4.69, 9.17) is 4.74 Å². The Kier molecular flexibility index (Phi) is 6.41. The SMILES string of the molecule is COc1cccc(C2(O)CCN(S(=O)(=O)C[C@]34CC[C@H](CC3O)C4(C)C)CC2CN(C)C)c1. The number of methoxy groups -OCH3 is 1. The zero-order valence-electron chi connectivity index (χ0n) is 20.6. The molecule has 4 rings (SSSR count). The predicted octanol–water partition coefficient (Wildman–Crippen LogP) is 2.28. The number of benzene rings is 1. The molecule has 0 amide bonds. The van der Waals surface area contributed by atoms with Crippen molar-refractivity contribution in [3.05, 3.63) is 29.8 Å². The van der Waals surface area contributed by atoms with Crippen molar-refractivity contribution in [2.24, 2.45) is 22.7 Å². The first-order valence-corrected chi connectivity index (χ1v) is 13.6. The maximum absolute atomic E-state index is 13.7. The zero-order valence-corrected chi connectivity index (χ0v) is 21.4. The smallest absolute Gasteiger partial charge is 0.214 e. The van der Waals surface area contributed by atoms with Gasteiger partial charge >= 0.3 is 0 Å². The minimum Gasteiger partial charge on any atom is -0.497 e. The van der Waals surface area contributed by atoms with Gasteiger partial charge in [-0.3, -0.25) is 0 Å². The molecule has 1 aliphatic heterocycles. The standard InChI is InChI=1S/C25H40N2O5S/c1-23(2)18-9-10-24(23,22(28)14-18)17-33(30,31)27-12-11-25(29,20(16-27)15-26(3)4)19-7-6-8-21(13-19)32-5/h6-8,13,18,20,22,28-29H,9-12,14-17H2,1-5H3/t18-,20?,22?,24-,25?/m1/s1. The van der Waals surface area contributed by atoms with Crippen LogP contribution in [-0.4, -0.2) is 80.5 Å². The molecule has 2 saturated carbocycles. The summed E-state index contributed by atoms with van der Waals surface area (Å²) in [6, 6.07) is 7.45. The summed E-state index contributed by atoms with van der Waals surface area (Å²) in [6.45, 7) is 5.33. The van der Waals surface area contributed by atoms with E-state index in [2.05, 4.69) is 13.8 Å². The van der Waals surface area contributed by atoms with Crippen molar-refractivity contribution in [3.63, 3.8) is 0 Å².